The summed E-state index contributed by atoms with van der Waals surface area (Å²) >= 11 is 0. The van der Waals surface area contributed by atoms with Gasteiger partial charge in [0.05, 0.1) is 12.1 Å². The van der Waals surface area contributed by atoms with Crippen molar-refractivity contribution in [1.29, 1.82) is 0 Å². The molecule has 2 aliphatic heterocycles. The molecular formula is C18H17NO2. The number of hydrogen-bond acceptors (Lipinski definition) is 2. The molecule has 0 saturated carbocycles. The topological polar surface area (TPSA) is 29.5 Å². The van der Waals surface area contributed by atoms with Gasteiger partial charge in [-0.05, 0) is 19.9 Å². The lowest BCUT2D eigenvalue weighted by atomic mass is 9.94. The average molecular weight is 279 g/mol. The first-order valence-electron chi connectivity index (χ1n) is 7.22. The number of fused-ring (bicyclic) bond motifs is 3. The van der Waals surface area contributed by atoms with Crippen LogP contribution in [-0.4, -0.2) is 23.0 Å². The van der Waals surface area contributed by atoms with Crippen molar-refractivity contribution in [3.63, 3.8) is 0 Å². The van der Waals surface area contributed by atoms with Gasteiger partial charge >= 0.3 is 0 Å². The summed E-state index contributed by atoms with van der Waals surface area (Å²) < 4.78 is 6.45. The maximum atomic E-state index is 12.8. The molecule has 2 aliphatic rings. The molecule has 0 spiro atoms. The van der Waals surface area contributed by atoms with Crippen molar-refractivity contribution in [1.82, 2.24) is 4.90 Å². The van der Waals surface area contributed by atoms with E-state index >= 15 is 0 Å². The van der Waals surface area contributed by atoms with Crippen LogP contribution in [0.5, 0.6) is 0 Å². The molecule has 0 radical (unpaired) electrons. The van der Waals surface area contributed by atoms with E-state index in [0.717, 1.165) is 16.7 Å². The molecule has 2 aromatic carbocycles. The van der Waals surface area contributed by atoms with E-state index in [1.165, 1.54) is 0 Å². The Morgan fingerprint density at radius 1 is 1.00 bits per heavy atom. The predicted octanol–water partition coefficient (Wildman–Crippen LogP) is 3.15. The molecule has 0 aliphatic carbocycles. The van der Waals surface area contributed by atoms with Gasteiger partial charge in [0, 0.05) is 16.7 Å². The zero-order valence-corrected chi connectivity index (χ0v) is 12.2. The predicted molar refractivity (Wildman–Crippen MR) is 79.9 cm³/mol. The average Bonchev–Trinajstić information content (AvgIpc) is 2.90. The minimum atomic E-state index is -0.779. The summed E-state index contributed by atoms with van der Waals surface area (Å²) in [5.74, 6) is 0.0556. The summed E-state index contributed by atoms with van der Waals surface area (Å²) in [7, 11) is 0. The van der Waals surface area contributed by atoms with Crippen LogP contribution >= 0.6 is 0 Å². The van der Waals surface area contributed by atoms with Crippen LogP contribution in [0.4, 0.5) is 0 Å². The van der Waals surface area contributed by atoms with Crippen LogP contribution in [-0.2, 0) is 10.5 Å². The van der Waals surface area contributed by atoms with Crippen molar-refractivity contribution in [2.45, 2.75) is 25.2 Å². The highest BCUT2D eigenvalue weighted by Gasteiger charge is 2.60. The van der Waals surface area contributed by atoms with Gasteiger partial charge in [-0.25, -0.2) is 0 Å². The van der Waals surface area contributed by atoms with Crippen molar-refractivity contribution in [2.24, 2.45) is 0 Å². The first kappa shape index (κ1) is 12.6. The molecule has 2 heterocycles. The second-order valence-corrected chi connectivity index (χ2v) is 6.31. The second-order valence-electron chi connectivity index (χ2n) is 6.31. The van der Waals surface area contributed by atoms with Crippen LogP contribution in [0.3, 0.4) is 0 Å². The minimum Gasteiger partial charge on any atom is -0.339 e. The standard InChI is InChI=1S/C18H17NO2/c1-17(2)12-19-16(20)14-10-6-7-11-15(14)18(19,21-17)13-8-4-3-5-9-13/h3-11H,12H2,1-2H3. The molecule has 4 rings (SSSR count). The molecule has 0 N–H and O–H groups in total. The Labute approximate surface area is 124 Å². The smallest absolute Gasteiger partial charge is 0.257 e. The molecule has 21 heavy (non-hydrogen) atoms. The molecule has 1 fully saturated rings. The molecule has 3 heteroatoms. The fourth-order valence-corrected chi connectivity index (χ4v) is 3.54. The lowest BCUT2D eigenvalue weighted by Gasteiger charge is -2.32. The van der Waals surface area contributed by atoms with Gasteiger partial charge in [-0.1, -0.05) is 48.5 Å². The molecule has 1 unspecified atom stereocenters. The highest BCUT2D eigenvalue weighted by Crippen LogP contribution is 2.51. The van der Waals surface area contributed by atoms with Gasteiger partial charge in [0.1, 0.15) is 0 Å². The third-order valence-electron chi connectivity index (χ3n) is 4.28. The number of benzene rings is 2. The third kappa shape index (κ3) is 1.55. The summed E-state index contributed by atoms with van der Waals surface area (Å²) in [6, 6.07) is 17.8. The number of amides is 1. The van der Waals surface area contributed by atoms with E-state index in [9.17, 15) is 4.79 Å². The van der Waals surface area contributed by atoms with E-state index in [1.807, 2.05) is 73.3 Å². The Morgan fingerprint density at radius 2 is 1.67 bits per heavy atom. The number of carbonyl (C=O) groups is 1. The van der Waals surface area contributed by atoms with Crippen LogP contribution in [0.25, 0.3) is 0 Å². The van der Waals surface area contributed by atoms with Crippen LogP contribution in [0.2, 0.25) is 0 Å². The maximum absolute atomic E-state index is 12.8. The summed E-state index contributed by atoms with van der Waals surface area (Å²) in [6.45, 7) is 4.66. The molecule has 106 valence electrons. The van der Waals surface area contributed by atoms with Crippen molar-refractivity contribution in [3.05, 3.63) is 71.3 Å². The molecule has 1 saturated heterocycles. The first-order valence-corrected chi connectivity index (χ1v) is 7.22. The van der Waals surface area contributed by atoms with Gasteiger partial charge in [0.15, 0.2) is 5.72 Å². The largest absolute Gasteiger partial charge is 0.339 e. The second kappa shape index (κ2) is 3.95. The fraction of sp³-hybridized carbons (Fsp3) is 0.278. The van der Waals surface area contributed by atoms with Crippen molar-refractivity contribution < 1.29 is 9.53 Å². The van der Waals surface area contributed by atoms with Crippen LogP contribution < -0.4 is 0 Å². The Balaban J connectivity index is 2.02. The van der Waals surface area contributed by atoms with E-state index in [0.29, 0.717) is 6.54 Å². The normalized spacial score (nSPS) is 25.8. The van der Waals surface area contributed by atoms with E-state index < -0.39 is 5.72 Å². The van der Waals surface area contributed by atoms with Crippen LogP contribution in [0.15, 0.2) is 54.6 Å². The van der Waals surface area contributed by atoms with Gasteiger partial charge in [0.25, 0.3) is 5.91 Å². The Bertz CT molecular complexity index is 723. The maximum Gasteiger partial charge on any atom is 0.257 e. The third-order valence-corrected chi connectivity index (χ3v) is 4.28. The molecule has 1 amide bonds. The number of hydrogen-bond donors (Lipinski definition) is 0. The Hall–Kier alpha value is -2.13. The van der Waals surface area contributed by atoms with E-state index in [-0.39, 0.29) is 11.5 Å². The quantitative estimate of drug-likeness (QED) is 0.802. The SMILES string of the molecule is CC1(C)CN2C(=O)c3ccccc3C2(c2ccccc2)O1. The van der Waals surface area contributed by atoms with Gasteiger partial charge in [-0.15, -0.1) is 0 Å². The van der Waals surface area contributed by atoms with Gasteiger partial charge in [-0.3, -0.25) is 9.69 Å². The summed E-state index contributed by atoms with van der Waals surface area (Å²) in [6.07, 6.45) is 0. The monoisotopic (exact) mass is 279 g/mol. The number of ether oxygens (including phenoxy) is 1. The number of nitrogens with zero attached hydrogens (tertiary/aromatic N) is 1. The van der Waals surface area contributed by atoms with Crippen LogP contribution in [0, 0.1) is 0 Å². The minimum absolute atomic E-state index is 0.0556. The molecule has 0 bridgehead atoms. The van der Waals surface area contributed by atoms with E-state index in [4.69, 9.17) is 4.74 Å². The summed E-state index contributed by atoms with van der Waals surface area (Å²) in [4.78, 5) is 14.7. The first-order chi connectivity index (χ1) is 10.0. The van der Waals surface area contributed by atoms with Crippen molar-refractivity contribution >= 4 is 5.91 Å². The van der Waals surface area contributed by atoms with Gasteiger partial charge < -0.3 is 4.74 Å². The molecule has 2 aromatic rings. The van der Waals surface area contributed by atoms with Gasteiger partial charge in [-0.2, -0.15) is 0 Å². The Morgan fingerprint density at radius 3 is 2.43 bits per heavy atom. The molecule has 1 atom stereocenters. The zero-order chi connectivity index (χ0) is 14.7. The molecular weight excluding hydrogens is 262 g/mol. The van der Waals surface area contributed by atoms with Crippen molar-refractivity contribution in [2.75, 3.05) is 6.54 Å². The van der Waals surface area contributed by atoms with E-state index in [1.54, 1.807) is 0 Å². The molecule has 3 nitrogen and oxygen atoms in total. The summed E-state index contributed by atoms with van der Waals surface area (Å²) in [5.41, 5.74) is 1.56. The lowest BCUT2D eigenvalue weighted by Crippen LogP contribution is -2.40. The lowest BCUT2D eigenvalue weighted by molar-refractivity contribution is -0.0921. The van der Waals surface area contributed by atoms with E-state index in [2.05, 4.69) is 0 Å². The van der Waals surface area contributed by atoms with Crippen LogP contribution in [0.1, 0.15) is 35.3 Å². The number of carbonyl (C=O) groups excluding carboxylic acids is 1. The highest BCUT2D eigenvalue weighted by molar-refractivity contribution is 6.00. The fourth-order valence-electron chi connectivity index (χ4n) is 3.54. The Kier molecular flexibility index (Phi) is 2.37. The van der Waals surface area contributed by atoms with Crippen molar-refractivity contribution in [3.8, 4) is 0 Å². The summed E-state index contributed by atoms with van der Waals surface area (Å²) in [5, 5.41) is 0. The highest BCUT2D eigenvalue weighted by atomic mass is 16.6. The molecule has 0 aromatic heterocycles. The zero-order valence-electron chi connectivity index (χ0n) is 12.2. The number of rotatable bonds is 1. The van der Waals surface area contributed by atoms with Gasteiger partial charge in [0.2, 0.25) is 0 Å².